The maximum absolute atomic E-state index is 13.1. The van der Waals surface area contributed by atoms with Gasteiger partial charge in [0.15, 0.2) is 0 Å². The number of aromatic amines is 1. The van der Waals surface area contributed by atoms with Gasteiger partial charge >= 0.3 is 0 Å². The molecule has 2 aromatic heterocycles. The molecule has 2 heterocycles. The number of imidazole rings is 1. The van der Waals surface area contributed by atoms with Crippen molar-refractivity contribution in [3.05, 3.63) is 42.5 Å². The zero-order chi connectivity index (χ0) is 11.8. The summed E-state index contributed by atoms with van der Waals surface area (Å²) in [7, 11) is 0. The Kier molecular flexibility index (Phi) is 2.04. The number of hydrogen-bond acceptors (Lipinski definition) is 3. The Labute approximate surface area is 96.3 Å². The number of pyridine rings is 1. The Bertz CT molecular complexity index is 657. The molecule has 0 fully saturated rings. The maximum Gasteiger partial charge on any atom is 0.146 e. The number of fused-ring (bicyclic) bond motifs is 1. The van der Waals surface area contributed by atoms with Crippen molar-refractivity contribution in [1.82, 2.24) is 15.0 Å². The molecule has 0 saturated heterocycles. The van der Waals surface area contributed by atoms with E-state index >= 15 is 0 Å². The van der Waals surface area contributed by atoms with E-state index in [0.717, 1.165) is 16.6 Å². The molecule has 0 unspecified atom stereocenters. The fourth-order valence-corrected chi connectivity index (χ4v) is 1.68. The molecule has 0 radical (unpaired) electrons. The number of hydrogen-bond donors (Lipinski definition) is 2. The van der Waals surface area contributed by atoms with E-state index in [1.54, 1.807) is 24.5 Å². The van der Waals surface area contributed by atoms with Crippen molar-refractivity contribution in [3.63, 3.8) is 0 Å². The fourth-order valence-electron chi connectivity index (χ4n) is 1.68. The van der Waals surface area contributed by atoms with Crippen molar-refractivity contribution in [3.8, 4) is 11.4 Å². The van der Waals surface area contributed by atoms with E-state index in [4.69, 9.17) is 5.73 Å². The van der Waals surface area contributed by atoms with E-state index in [1.165, 1.54) is 6.07 Å². The number of halogens is 1. The van der Waals surface area contributed by atoms with E-state index in [2.05, 4.69) is 15.0 Å². The Balaban J connectivity index is 2.17. The second-order valence-electron chi connectivity index (χ2n) is 3.71. The third-order valence-corrected chi connectivity index (χ3v) is 2.55. The van der Waals surface area contributed by atoms with Crippen LogP contribution in [-0.4, -0.2) is 15.0 Å². The van der Waals surface area contributed by atoms with Crippen molar-refractivity contribution in [2.45, 2.75) is 0 Å². The van der Waals surface area contributed by atoms with Crippen LogP contribution in [0.3, 0.4) is 0 Å². The van der Waals surface area contributed by atoms with E-state index in [1.807, 2.05) is 6.07 Å². The summed E-state index contributed by atoms with van der Waals surface area (Å²) in [4.78, 5) is 11.5. The lowest BCUT2D eigenvalue weighted by atomic mass is 10.2. The first-order valence-corrected chi connectivity index (χ1v) is 5.09. The monoisotopic (exact) mass is 228 g/mol. The minimum Gasteiger partial charge on any atom is -0.396 e. The zero-order valence-electron chi connectivity index (χ0n) is 8.81. The van der Waals surface area contributed by atoms with Gasteiger partial charge in [-0.3, -0.25) is 4.98 Å². The zero-order valence-corrected chi connectivity index (χ0v) is 8.81. The Morgan fingerprint density at radius 1 is 1.24 bits per heavy atom. The molecule has 0 aliphatic heterocycles. The van der Waals surface area contributed by atoms with Crippen LogP contribution in [0.5, 0.6) is 0 Å². The predicted molar refractivity (Wildman–Crippen MR) is 63.7 cm³/mol. The van der Waals surface area contributed by atoms with Gasteiger partial charge in [-0.15, -0.1) is 0 Å². The first-order valence-electron chi connectivity index (χ1n) is 5.09. The van der Waals surface area contributed by atoms with Gasteiger partial charge < -0.3 is 10.7 Å². The quantitative estimate of drug-likeness (QED) is 0.628. The normalized spacial score (nSPS) is 10.9. The molecule has 0 spiro atoms. The van der Waals surface area contributed by atoms with Crippen molar-refractivity contribution >= 4 is 16.7 Å². The molecule has 0 aliphatic rings. The van der Waals surface area contributed by atoms with Crippen LogP contribution in [0.2, 0.25) is 0 Å². The van der Waals surface area contributed by atoms with E-state index in [-0.39, 0.29) is 5.69 Å². The molecule has 3 N–H and O–H groups in total. The molecule has 84 valence electrons. The second-order valence-corrected chi connectivity index (χ2v) is 3.71. The number of anilines is 1. The van der Waals surface area contributed by atoms with Crippen molar-refractivity contribution in [1.29, 1.82) is 0 Å². The topological polar surface area (TPSA) is 67.6 Å². The molecular formula is C12H9FN4. The summed E-state index contributed by atoms with van der Waals surface area (Å²) < 4.78 is 13.1. The Hall–Kier alpha value is -2.43. The molecular weight excluding hydrogens is 219 g/mol. The van der Waals surface area contributed by atoms with Crippen LogP contribution in [0.25, 0.3) is 22.4 Å². The van der Waals surface area contributed by atoms with Crippen molar-refractivity contribution in [2.75, 3.05) is 5.73 Å². The third-order valence-electron chi connectivity index (χ3n) is 2.55. The average molecular weight is 228 g/mol. The van der Waals surface area contributed by atoms with Crippen molar-refractivity contribution < 1.29 is 4.39 Å². The summed E-state index contributed by atoms with van der Waals surface area (Å²) >= 11 is 0. The molecule has 0 amide bonds. The van der Waals surface area contributed by atoms with E-state index in [9.17, 15) is 4.39 Å². The number of nitrogens with one attached hydrogen (secondary N) is 1. The lowest BCUT2D eigenvalue weighted by Gasteiger charge is -1.99. The standard InChI is InChI=1S/C12H9FN4/c13-8-2-1-7(5-9(8)14)12-16-10-3-4-15-6-11(10)17-12/h1-6H,14H2,(H,16,17). The molecule has 4 nitrogen and oxygen atoms in total. The first-order chi connectivity index (χ1) is 8.24. The van der Waals surface area contributed by atoms with Gasteiger partial charge in [-0.1, -0.05) is 0 Å². The van der Waals surface area contributed by atoms with Gasteiger partial charge in [0.2, 0.25) is 0 Å². The van der Waals surface area contributed by atoms with Gasteiger partial charge in [-0.05, 0) is 24.3 Å². The predicted octanol–water partition coefficient (Wildman–Crippen LogP) is 2.35. The SMILES string of the molecule is Nc1cc(-c2nc3ccncc3[nH]2)ccc1F. The van der Waals surface area contributed by atoms with E-state index in [0.29, 0.717) is 5.82 Å². The van der Waals surface area contributed by atoms with Crippen LogP contribution in [-0.2, 0) is 0 Å². The van der Waals surface area contributed by atoms with Gasteiger partial charge in [0.25, 0.3) is 0 Å². The maximum atomic E-state index is 13.1. The van der Waals surface area contributed by atoms with Gasteiger partial charge in [0.1, 0.15) is 11.6 Å². The van der Waals surface area contributed by atoms with Crippen LogP contribution in [0, 0.1) is 5.82 Å². The summed E-state index contributed by atoms with van der Waals surface area (Å²) in [5.41, 5.74) is 8.04. The van der Waals surface area contributed by atoms with Crippen molar-refractivity contribution in [2.24, 2.45) is 0 Å². The molecule has 3 rings (SSSR count). The highest BCUT2D eigenvalue weighted by Gasteiger charge is 2.07. The smallest absolute Gasteiger partial charge is 0.146 e. The lowest BCUT2D eigenvalue weighted by Crippen LogP contribution is -1.91. The molecule has 3 aromatic rings. The number of H-pyrrole nitrogens is 1. The molecule has 1 aromatic carbocycles. The third kappa shape index (κ3) is 1.61. The fraction of sp³-hybridized carbons (Fsp3) is 0. The molecule has 17 heavy (non-hydrogen) atoms. The minimum atomic E-state index is -0.425. The van der Waals surface area contributed by atoms with Crippen LogP contribution >= 0.6 is 0 Å². The molecule has 5 heteroatoms. The lowest BCUT2D eigenvalue weighted by molar-refractivity contribution is 0.632. The van der Waals surface area contributed by atoms with Gasteiger partial charge in [-0.25, -0.2) is 9.37 Å². The Morgan fingerprint density at radius 2 is 2.12 bits per heavy atom. The molecule has 0 aliphatic carbocycles. The van der Waals surface area contributed by atoms with Gasteiger partial charge in [-0.2, -0.15) is 0 Å². The van der Waals surface area contributed by atoms with Crippen LogP contribution < -0.4 is 5.73 Å². The summed E-state index contributed by atoms with van der Waals surface area (Å²) in [5, 5.41) is 0. The van der Waals surface area contributed by atoms with Crippen LogP contribution in [0.4, 0.5) is 10.1 Å². The summed E-state index contributed by atoms with van der Waals surface area (Å²) in [6, 6.07) is 6.33. The minimum absolute atomic E-state index is 0.112. The highest BCUT2D eigenvalue weighted by Crippen LogP contribution is 2.22. The molecule has 0 saturated carbocycles. The van der Waals surface area contributed by atoms with Gasteiger partial charge in [0, 0.05) is 11.8 Å². The number of aromatic nitrogens is 3. The van der Waals surface area contributed by atoms with Crippen LogP contribution in [0.1, 0.15) is 0 Å². The highest BCUT2D eigenvalue weighted by molar-refractivity contribution is 5.78. The summed E-state index contributed by atoms with van der Waals surface area (Å²) in [6.45, 7) is 0. The summed E-state index contributed by atoms with van der Waals surface area (Å²) in [6.07, 6.45) is 3.37. The Morgan fingerprint density at radius 3 is 2.88 bits per heavy atom. The number of benzene rings is 1. The first kappa shape index (κ1) is 9.77. The second kappa shape index (κ2) is 3.55. The number of nitrogen functional groups attached to an aromatic ring is 1. The highest BCUT2D eigenvalue weighted by atomic mass is 19.1. The molecule has 0 atom stereocenters. The molecule has 0 bridgehead atoms. The summed E-state index contributed by atoms with van der Waals surface area (Å²) in [5.74, 6) is 0.228. The number of nitrogens with zero attached hydrogens (tertiary/aromatic N) is 2. The van der Waals surface area contributed by atoms with E-state index < -0.39 is 5.82 Å². The van der Waals surface area contributed by atoms with Crippen LogP contribution in [0.15, 0.2) is 36.7 Å². The van der Waals surface area contributed by atoms with Gasteiger partial charge in [0.05, 0.1) is 22.9 Å². The number of rotatable bonds is 1. The average Bonchev–Trinajstić information content (AvgIpc) is 2.76. The number of nitrogens with two attached hydrogens (primary N) is 1. The largest absolute Gasteiger partial charge is 0.396 e.